The van der Waals surface area contributed by atoms with Crippen molar-refractivity contribution in [3.8, 4) is 0 Å². The molecule has 0 aromatic heterocycles. The Morgan fingerprint density at radius 2 is 1.61 bits per heavy atom. The van der Waals surface area contributed by atoms with Crippen LogP contribution in [0.4, 0.5) is 4.79 Å². The Kier molecular flexibility index (Phi) is 5.79. The van der Waals surface area contributed by atoms with Crippen LogP contribution in [0.2, 0.25) is 0 Å². The lowest BCUT2D eigenvalue weighted by Gasteiger charge is -2.61. The number of amides is 1. The lowest BCUT2D eigenvalue weighted by molar-refractivity contribution is -0.129. The maximum atomic E-state index is 12.2. The van der Waals surface area contributed by atoms with Gasteiger partial charge in [-0.15, -0.1) is 0 Å². The molecule has 0 bridgehead atoms. The monoisotopic (exact) mass is 387 g/mol. The predicted molar refractivity (Wildman–Crippen MR) is 113 cm³/mol. The van der Waals surface area contributed by atoms with Gasteiger partial charge in [0.15, 0.2) is 0 Å². The smallest absolute Gasteiger partial charge is 0.410 e. The molecule has 1 amide bonds. The molecule has 1 aromatic carbocycles. The van der Waals surface area contributed by atoms with Gasteiger partial charge in [-0.2, -0.15) is 0 Å². The third-order valence-corrected chi connectivity index (χ3v) is 5.76. The molecule has 28 heavy (non-hydrogen) atoms. The first-order valence-corrected chi connectivity index (χ1v) is 10.6. The molecule has 5 nitrogen and oxygen atoms in total. The van der Waals surface area contributed by atoms with Crippen molar-refractivity contribution in [2.75, 3.05) is 26.2 Å². The van der Waals surface area contributed by atoms with Gasteiger partial charge >= 0.3 is 6.09 Å². The van der Waals surface area contributed by atoms with Crippen LogP contribution in [0.5, 0.6) is 0 Å². The second kappa shape index (κ2) is 7.68. The van der Waals surface area contributed by atoms with Gasteiger partial charge in [0.1, 0.15) is 5.60 Å². The van der Waals surface area contributed by atoms with Crippen LogP contribution in [0.3, 0.4) is 0 Å². The van der Waals surface area contributed by atoms with Gasteiger partial charge in [0.2, 0.25) is 0 Å². The van der Waals surface area contributed by atoms with Gasteiger partial charge in [-0.25, -0.2) is 4.79 Å². The fourth-order valence-corrected chi connectivity index (χ4v) is 4.42. The summed E-state index contributed by atoms with van der Waals surface area (Å²) in [6, 6.07) is 9.31. The van der Waals surface area contributed by atoms with Crippen molar-refractivity contribution < 1.29 is 9.53 Å². The van der Waals surface area contributed by atoms with Crippen LogP contribution in [0.1, 0.15) is 71.2 Å². The molecule has 1 unspecified atom stereocenters. The van der Waals surface area contributed by atoms with Gasteiger partial charge in [-0.3, -0.25) is 4.90 Å². The van der Waals surface area contributed by atoms with Crippen molar-refractivity contribution in [2.24, 2.45) is 17.1 Å². The number of nitrogens with zero attached hydrogens (tertiary/aromatic N) is 2. The molecule has 2 fully saturated rings. The van der Waals surface area contributed by atoms with Gasteiger partial charge in [0.05, 0.1) is 0 Å². The first-order valence-electron chi connectivity index (χ1n) is 10.6. The van der Waals surface area contributed by atoms with Crippen molar-refractivity contribution in [1.82, 2.24) is 9.80 Å². The maximum Gasteiger partial charge on any atom is 0.410 e. The van der Waals surface area contributed by atoms with Crippen LogP contribution in [0.15, 0.2) is 24.3 Å². The van der Waals surface area contributed by atoms with Gasteiger partial charge in [-0.05, 0) is 51.2 Å². The molecular weight excluding hydrogens is 350 g/mol. The number of hydrogen-bond acceptors (Lipinski definition) is 4. The number of carbonyl (C=O) groups is 1. The number of nitrogens with two attached hydrogens (primary N) is 1. The van der Waals surface area contributed by atoms with E-state index in [0.29, 0.717) is 12.0 Å². The third-order valence-electron chi connectivity index (χ3n) is 5.76. The van der Waals surface area contributed by atoms with Crippen LogP contribution in [-0.4, -0.2) is 47.7 Å². The van der Waals surface area contributed by atoms with E-state index in [0.717, 1.165) is 32.6 Å². The second-order valence-corrected chi connectivity index (χ2v) is 10.3. The van der Waals surface area contributed by atoms with Crippen molar-refractivity contribution >= 4 is 6.09 Å². The maximum absolute atomic E-state index is 12.2. The number of benzene rings is 1. The van der Waals surface area contributed by atoms with Crippen LogP contribution in [-0.2, 0) is 4.74 Å². The summed E-state index contributed by atoms with van der Waals surface area (Å²) in [5.41, 5.74) is 8.39. The third kappa shape index (κ3) is 4.69. The first kappa shape index (κ1) is 21.1. The molecule has 2 atom stereocenters. The molecular formula is C23H37N3O2. The van der Waals surface area contributed by atoms with Crippen molar-refractivity contribution in [1.29, 1.82) is 0 Å². The van der Waals surface area contributed by atoms with E-state index in [1.807, 2.05) is 32.6 Å². The molecule has 1 spiro atoms. The summed E-state index contributed by atoms with van der Waals surface area (Å²) in [5.74, 6) is 0.634. The average Bonchev–Trinajstić information content (AvgIpc) is 2.49. The van der Waals surface area contributed by atoms with Crippen LogP contribution in [0.25, 0.3) is 0 Å². The average molecular weight is 388 g/mol. The highest BCUT2D eigenvalue weighted by atomic mass is 16.6. The highest BCUT2D eigenvalue weighted by molar-refractivity contribution is 5.69. The Morgan fingerprint density at radius 1 is 1.07 bits per heavy atom. The van der Waals surface area contributed by atoms with Crippen molar-refractivity contribution in [3.05, 3.63) is 35.4 Å². The number of hydrogen-bond donors (Lipinski definition) is 1. The number of rotatable bonds is 5. The largest absolute Gasteiger partial charge is 0.444 e. The SMILES string of the molecule is CC(C)CC(c1ccc([C@H](C)N)cc1)N1CC2(CN(C(=O)OC(C)(C)C)C2)C1. The summed E-state index contributed by atoms with van der Waals surface area (Å²) in [5, 5.41) is 0. The zero-order valence-electron chi connectivity index (χ0n) is 18.4. The van der Waals surface area contributed by atoms with Crippen molar-refractivity contribution in [3.63, 3.8) is 0 Å². The lowest BCUT2D eigenvalue weighted by Crippen LogP contribution is -2.73. The normalized spacial score (nSPS) is 21.2. The van der Waals surface area contributed by atoms with Gasteiger partial charge in [0.25, 0.3) is 0 Å². The molecule has 3 rings (SSSR count). The zero-order chi connectivity index (χ0) is 20.7. The Morgan fingerprint density at radius 3 is 2.07 bits per heavy atom. The van der Waals surface area contributed by atoms with Crippen LogP contribution < -0.4 is 5.73 Å². The lowest BCUT2D eigenvalue weighted by atomic mass is 9.71. The highest BCUT2D eigenvalue weighted by Gasteiger charge is 2.55. The highest BCUT2D eigenvalue weighted by Crippen LogP contribution is 2.45. The predicted octanol–water partition coefficient (Wildman–Crippen LogP) is 4.35. The van der Waals surface area contributed by atoms with E-state index >= 15 is 0 Å². The molecule has 156 valence electrons. The van der Waals surface area contributed by atoms with Gasteiger partial charge in [-0.1, -0.05) is 38.1 Å². The molecule has 0 saturated carbocycles. The number of ether oxygens (including phenoxy) is 1. The van der Waals surface area contributed by atoms with Gasteiger partial charge in [0, 0.05) is 43.7 Å². The van der Waals surface area contributed by atoms with E-state index in [2.05, 4.69) is 43.0 Å². The summed E-state index contributed by atoms with van der Waals surface area (Å²) < 4.78 is 5.49. The molecule has 1 aromatic rings. The second-order valence-electron chi connectivity index (χ2n) is 10.3. The number of likely N-dealkylation sites (tertiary alicyclic amines) is 2. The summed E-state index contributed by atoms with van der Waals surface area (Å²) in [4.78, 5) is 16.6. The number of carbonyl (C=O) groups excluding carboxylic acids is 1. The minimum absolute atomic E-state index is 0.0682. The standard InChI is InChI=1S/C23H37N3O2/c1-16(2)11-20(19-9-7-18(8-10-19)17(3)24)25-12-23(13-25)14-26(15-23)21(27)28-22(4,5)6/h7-10,16-17,20H,11-15,24H2,1-6H3/t17-,20?/m0/s1. The Bertz CT molecular complexity index is 677. The van der Waals surface area contributed by atoms with E-state index in [1.54, 1.807) is 0 Å². The summed E-state index contributed by atoms with van der Waals surface area (Å²) in [7, 11) is 0. The molecule has 2 N–H and O–H groups in total. The van der Waals surface area contributed by atoms with Gasteiger partial charge < -0.3 is 15.4 Å². The fraction of sp³-hybridized carbons (Fsp3) is 0.696. The van der Waals surface area contributed by atoms with Crippen LogP contribution >= 0.6 is 0 Å². The molecule has 2 aliphatic rings. The first-order chi connectivity index (χ1) is 13.0. The van der Waals surface area contributed by atoms with Crippen LogP contribution in [0, 0.1) is 11.3 Å². The van der Waals surface area contributed by atoms with E-state index < -0.39 is 5.60 Å². The molecule has 0 radical (unpaired) electrons. The molecule has 2 heterocycles. The Balaban J connectivity index is 1.59. The minimum Gasteiger partial charge on any atom is -0.444 e. The Hall–Kier alpha value is -1.59. The Labute approximate surface area is 170 Å². The quantitative estimate of drug-likeness (QED) is 0.816. The summed E-state index contributed by atoms with van der Waals surface area (Å²) >= 11 is 0. The summed E-state index contributed by atoms with van der Waals surface area (Å²) in [6.45, 7) is 16.1. The molecule has 0 aliphatic carbocycles. The van der Waals surface area contributed by atoms with E-state index in [4.69, 9.17) is 10.5 Å². The molecule has 5 heteroatoms. The minimum atomic E-state index is -0.430. The molecule has 2 saturated heterocycles. The van der Waals surface area contributed by atoms with Crippen molar-refractivity contribution in [2.45, 2.75) is 65.6 Å². The fourth-order valence-electron chi connectivity index (χ4n) is 4.42. The van der Waals surface area contributed by atoms with E-state index in [1.165, 1.54) is 11.1 Å². The van der Waals surface area contributed by atoms with E-state index in [9.17, 15) is 4.79 Å². The molecule has 2 aliphatic heterocycles. The zero-order valence-corrected chi connectivity index (χ0v) is 18.4. The summed E-state index contributed by atoms with van der Waals surface area (Å²) in [6.07, 6.45) is 0.963. The van der Waals surface area contributed by atoms with E-state index in [-0.39, 0.29) is 17.6 Å². The topological polar surface area (TPSA) is 58.8 Å².